The molecule has 2 aromatic carbocycles. The molecule has 0 radical (unpaired) electrons. The molecule has 2 N–H and O–H groups in total. The summed E-state index contributed by atoms with van der Waals surface area (Å²) in [5.41, 5.74) is 1.35. The van der Waals surface area contributed by atoms with Gasteiger partial charge in [0.05, 0.1) is 17.3 Å². The van der Waals surface area contributed by atoms with E-state index in [1.165, 1.54) is 24.5 Å². The molecule has 130 valence electrons. The largest absolute Gasteiger partial charge is 0.496 e. The number of halogens is 1. The van der Waals surface area contributed by atoms with Gasteiger partial charge in [-0.2, -0.15) is 0 Å². The van der Waals surface area contributed by atoms with Crippen LogP contribution in [-0.2, 0) is 6.42 Å². The van der Waals surface area contributed by atoms with Crippen molar-refractivity contribution < 1.29 is 13.9 Å². The van der Waals surface area contributed by atoms with E-state index in [9.17, 15) is 9.18 Å². The van der Waals surface area contributed by atoms with Crippen LogP contribution in [0, 0.1) is 5.82 Å². The van der Waals surface area contributed by atoms with Crippen molar-refractivity contribution in [1.82, 2.24) is 15.0 Å². The number of aromatic nitrogens is 1. The highest BCUT2D eigenvalue weighted by Crippen LogP contribution is 2.27. The van der Waals surface area contributed by atoms with Gasteiger partial charge >= 0.3 is 6.03 Å². The molecule has 0 bridgehead atoms. The lowest BCUT2D eigenvalue weighted by Gasteiger charge is -2.10. The molecule has 0 spiro atoms. The fourth-order valence-corrected chi connectivity index (χ4v) is 3.95. The molecule has 5 nitrogen and oxygen atoms in total. The first-order valence-corrected chi connectivity index (χ1v) is 9.18. The molecule has 2 amide bonds. The summed E-state index contributed by atoms with van der Waals surface area (Å²) >= 11 is 2.67. The monoisotopic (exact) mass is 377 g/mol. The number of carbonyl (C=O) groups excluding carboxylic acids is 1. The van der Waals surface area contributed by atoms with Crippen LogP contribution in [-0.4, -0.2) is 24.7 Å². The van der Waals surface area contributed by atoms with Crippen molar-refractivity contribution in [2.45, 2.75) is 10.8 Å². The van der Waals surface area contributed by atoms with Gasteiger partial charge < -0.3 is 10.1 Å². The van der Waals surface area contributed by atoms with Crippen molar-refractivity contribution in [3.63, 3.8) is 0 Å². The number of hydrogen-bond donors (Lipinski definition) is 2. The van der Waals surface area contributed by atoms with E-state index >= 15 is 0 Å². The second kappa shape index (κ2) is 8.17. The standard InChI is InChI=1S/C17H16FN3O2S2/c1-23-14-7-4-5-12(18)11(14)9-10-19-16(22)21-25-17-20-13-6-2-3-8-15(13)24-17/h2-8H,9-10H2,1H3,(H2,19,21,22). The Morgan fingerprint density at radius 2 is 2.12 bits per heavy atom. The van der Waals surface area contributed by atoms with Crippen molar-refractivity contribution in [3.8, 4) is 5.75 Å². The number of para-hydroxylation sites is 1. The molecule has 0 aliphatic carbocycles. The Bertz CT molecular complexity index is 852. The van der Waals surface area contributed by atoms with E-state index in [0.29, 0.717) is 24.3 Å². The molecule has 3 aromatic rings. The minimum Gasteiger partial charge on any atom is -0.496 e. The van der Waals surface area contributed by atoms with E-state index in [1.807, 2.05) is 24.3 Å². The summed E-state index contributed by atoms with van der Waals surface area (Å²) in [5.74, 6) is 0.136. The number of ether oxygens (including phenoxy) is 1. The molecule has 1 aromatic heterocycles. The first-order chi connectivity index (χ1) is 12.2. The zero-order valence-corrected chi connectivity index (χ0v) is 15.0. The molecule has 3 rings (SSSR count). The lowest BCUT2D eigenvalue weighted by Crippen LogP contribution is -2.32. The van der Waals surface area contributed by atoms with E-state index in [0.717, 1.165) is 26.5 Å². The number of nitrogens with one attached hydrogen (secondary N) is 2. The molecule has 0 aliphatic heterocycles. The van der Waals surface area contributed by atoms with Crippen LogP contribution < -0.4 is 14.8 Å². The summed E-state index contributed by atoms with van der Waals surface area (Å²) in [7, 11) is 1.49. The molecule has 0 fully saturated rings. The molecule has 0 saturated carbocycles. The highest BCUT2D eigenvalue weighted by Gasteiger charge is 2.10. The third-order valence-corrected chi connectivity index (χ3v) is 5.35. The van der Waals surface area contributed by atoms with Crippen LogP contribution in [0.15, 0.2) is 46.8 Å². The van der Waals surface area contributed by atoms with Gasteiger partial charge in [0.2, 0.25) is 0 Å². The molecule has 0 aliphatic rings. The van der Waals surface area contributed by atoms with Gasteiger partial charge in [0.15, 0.2) is 4.34 Å². The maximum absolute atomic E-state index is 13.8. The summed E-state index contributed by atoms with van der Waals surface area (Å²) in [6.07, 6.45) is 0.342. The van der Waals surface area contributed by atoms with E-state index < -0.39 is 0 Å². The highest BCUT2D eigenvalue weighted by atomic mass is 32.2. The summed E-state index contributed by atoms with van der Waals surface area (Å²) < 4.78 is 23.5. The third kappa shape index (κ3) is 4.40. The fraction of sp³-hybridized carbons (Fsp3) is 0.176. The predicted octanol–water partition coefficient (Wildman–Crippen LogP) is 3.99. The lowest BCUT2D eigenvalue weighted by atomic mass is 10.1. The Balaban J connectivity index is 1.48. The van der Waals surface area contributed by atoms with Gasteiger partial charge in [-0.1, -0.05) is 18.2 Å². The average molecular weight is 377 g/mol. The number of benzene rings is 2. The minimum absolute atomic E-state index is 0.295. The van der Waals surface area contributed by atoms with E-state index in [1.54, 1.807) is 12.1 Å². The predicted molar refractivity (Wildman–Crippen MR) is 98.7 cm³/mol. The normalized spacial score (nSPS) is 10.6. The molecule has 0 saturated heterocycles. The van der Waals surface area contributed by atoms with E-state index in [4.69, 9.17) is 4.74 Å². The summed E-state index contributed by atoms with van der Waals surface area (Å²) in [6.45, 7) is 0.295. The number of carbonyl (C=O) groups is 1. The molecule has 0 unspecified atom stereocenters. The van der Waals surface area contributed by atoms with Crippen molar-refractivity contribution in [1.29, 1.82) is 0 Å². The zero-order chi connectivity index (χ0) is 17.6. The molecule has 25 heavy (non-hydrogen) atoms. The van der Waals surface area contributed by atoms with Crippen molar-refractivity contribution in [3.05, 3.63) is 53.8 Å². The fourth-order valence-electron chi connectivity index (χ4n) is 2.29. The number of rotatable bonds is 6. The Hall–Kier alpha value is -2.32. The number of hydrogen-bond acceptors (Lipinski definition) is 5. The smallest absolute Gasteiger partial charge is 0.325 e. The summed E-state index contributed by atoms with van der Waals surface area (Å²) in [5, 5.41) is 2.70. The van der Waals surface area contributed by atoms with Gasteiger partial charge in [0.25, 0.3) is 0 Å². The Morgan fingerprint density at radius 3 is 2.92 bits per heavy atom. The van der Waals surface area contributed by atoms with Crippen molar-refractivity contribution in [2.24, 2.45) is 0 Å². The number of methoxy groups -OCH3 is 1. The van der Waals surface area contributed by atoms with Crippen LogP contribution in [0.5, 0.6) is 5.75 Å². The zero-order valence-electron chi connectivity index (χ0n) is 13.4. The molecule has 8 heteroatoms. The van der Waals surface area contributed by atoms with Gasteiger partial charge in [-0.15, -0.1) is 11.3 Å². The van der Waals surface area contributed by atoms with Gasteiger partial charge in [-0.25, -0.2) is 14.2 Å². The van der Waals surface area contributed by atoms with Crippen LogP contribution >= 0.6 is 23.3 Å². The molecular weight excluding hydrogens is 361 g/mol. The Labute approximate surface area is 152 Å². The second-order valence-corrected chi connectivity index (χ2v) is 7.16. The van der Waals surface area contributed by atoms with Crippen LogP contribution in [0.3, 0.4) is 0 Å². The number of fused-ring (bicyclic) bond motifs is 1. The number of amides is 2. The van der Waals surface area contributed by atoms with Crippen molar-refractivity contribution in [2.75, 3.05) is 13.7 Å². The molecule has 0 atom stereocenters. The van der Waals surface area contributed by atoms with E-state index in [-0.39, 0.29) is 11.8 Å². The van der Waals surface area contributed by atoms with Gasteiger partial charge in [0, 0.05) is 24.1 Å². The van der Waals surface area contributed by atoms with E-state index in [2.05, 4.69) is 15.0 Å². The molecule has 1 heterocycles. The van der Waals surface area contributed by atoms with Gasteiger partial charge in [-0.3, -0.25) is 4.72 Å². The first kappa shape index (κ1) is 17.5. The molecular formula is C17H16FN3O2S2. The first-order valence-electron chi connectivity index (χ1n) is 7.55. The number of urea groups is 1. The summed E-state index contributed by atoms with van der Waals surface area (Å²) in [4.78, 5) is 16.3. The van der Waals surface area contributed by atoms with Crippen LogP contribution in [0.1, 0.15) is 5.56 Å². The van der Waals surface area contributed by atoms with Gasteiger partial charge in [0.1, 0.15) is 11.6 Å². The SMILES string of the molecule is COc1cccc(F)c1CCNC(=O)NSc1nc2ccccc2s1. The third-order valence-electron chi connectivity index (χ3n) is 3.46. The second-order valence-electron chi connectivity index (χ2n) is 5.08. The Morgan fingerprint density at radius 1 is 1.28 bits per heavy atom. The number of nitrogens with zero attached hydrogens (tertiary/aromatic N) is 1. The quantitative estimate of drug-likeness (QED) is 0.638. The van der Waals surface area contributed by atoms with Crippen LogP contribution in [0.2, 0.25) is 0 Å². The Kier molecular flexibility index (Phi) is 5.72. The summed E-state index contributed by atoms with van der Waals surface area (Å²) in [6, 6.07) is 12.1. The highest BCUT2D eigenvalue weighted by molar-refractivity contribution is 7.99. The van der Waals surface area contributed by atoms with Gasteiger partial charge in [-0.05, 0) is 30.7 Å². The average Bonchev–Trinajstić information content (AvgIpc) is 3.04. The lowest BCUT2D eigenvalue weighted by molar-refractivity contribution is 0.246. The van der Waals surface area contributed by atoms with Crippen LogP contribution in [0.25, 0.3) is 10.2 Å². The maximum atomic E-state index is 13.8. The van der Waals surface area contributed by atoms with Crippen molar-refractivity contribution >= 4 is 39.5 Å². The van der Waals surface area contributed by atoms with Crippen LogP contribution in [0.4, 0.5) is 9.18 Å². The minimum atomic E-state index is -0.348. The maximum Gasteiger partial charge on any atom is 0.325 e. The topological polar surface area (TPSA) is 63.2 Å². The number of thiazole rings is 1.